The van der Waals surface area contributed by atoms with Gasteiger partial charge in [-0.1, -0.05) is 166 Å². The van der Waals surface area contributed by atoms with Gasteiger partial charge < -0.3 is 4.90 Å². The Hall–Kier alpha value is -6.74. The Kier molecular flexibility index (Phi) is 7.77. The van der Waals surface area contributed by atoms with Gasteiger partial charge in [0.2, 0.25) is 0 Å². The molecule has 0 amide bonds. The van der Waals surface area contributed by atoms with Gasteiger partial charge in [-0.25, -0.2) is 0 Å². The van der Waals surface area contributed by atoms with E-state index in [1.54, 1.807) is 0 Å². The number of fused-ring (bicyclic) bond motifs is 7. The quantitative estimate of drug-likeness (QED) is 0.164. The fourth-order valence-electron chi connectivity index (χ4n) is 9.15. The molecule has 0 aliphatic heterocycles. The van der Waals surface area contributed by atoms with Gasteiger partial charge in [-0.3, -0.25) is 0 Å². The lowest BCUT2D eigenvalue weighted by Crippen LogP contribution is -2.16. The predicted molar refractivity (Wildman–Crippen MR) is 245 cm³/mol. The second-order valence-corrected chi connectivity index (χ2v) is 16.8. The van der Waals surface area contributed by atoms with Gasteiger partial charge in [-0.2, -0.15) is 0 Å². The zero-order valence-corrected chi connectivity index (χ0v) is 32.7. The maximum Gasteiger partial charge on any atom is 0.0465 e. The third-order valence-corrected chi connectivity index (χ3v) is 13.3. The van der Waals surface area contributed by atoms with Gasteiger partial charge in [0.05, 0.1) is 0 Å². The summed E-state index contributed by atoms with van der Waals surface area (Å²) in [5.74, 6) is 0. The summed E-state index contributed by atoms with van der Waals surface area (Å²) < 4.78 is 2.66. The van der Waals surface area contributed by atoms with Crippen LogP contribution in [0, 0.1) is 0 Å². The summed E-state index contributed by atoms with van der Waals surface area (Å²) in [6.07, 6.45) is 0. The van der Waals surface area contributed by atoms with Crippen LogP contribution < -0.4 is 4.90 Å². The molecule has 57 heavy (non-hydrogen) atoms. The van der Waals surface area contributed by atoms with E-state index in [1.165, 1.54) is 86.6 Å². The normalized spacial score (nSPS) is 12.9. The molecule has 0 saturated carbocycles. The van der Waals surface area contributed by atoms with Crippen molar-refractivity contribution in [2.24, 2.45) is 0 Å². The largest absolute Gasteiger partial charge is 0.310 e. The van der Waals surface area contributed by atoms with E-state index in [2.05, 4.69) is 219 Å². The van der Waals surface area contributed by atoms with Crippen LogP contribution in [0.3, 0.4) is 0 Å². The lowest BCUT2D eigenvalue weighted by molar-refractivity contribution is 0.660. The first-order chi connectivity index (χ1) is 28.0. The van der Waals surface area contributed by atoms with Gasteiger partial charge in [0.1, 0.15) is 0 Å². The molecule has 1 nitrogen and oxygen atoms in total. The fourth-order valence-corrected chi connectivity index (χ4v) is 10.4. The second kappa shape index (κ2) is 13.2. The van der Waals surface area contributed by atoms with Crippen molar-refractivity contribution in [2.75, 3.05) is 4.90 Å². The molecule has 10 aromatic rings. The van der Waals surface area contributed by atoms with Crippen LogP contribution in [0.5, 0.6) is 0 Å². The van der Waals surface area contributed by atoms with Gasteiger partial charge in [0.25, 0.3) is 0 Å². The Balaban J connectivity index is 1.02. The van der Waals surface area contributed by atoms with Crippen LogP contribution in [0.25, 0.3) is 75.5 Å². The lowest BCUT2D eigenvalue weighted by Gasteiger charge is -2.28. The molecule has 0 atom stereocenters. The minimum atomic E-state index is -0.165. The highest BCUT2D eigenvalue weighted by Gasteiger charge is 2.36. The molecule has 0 saturated heterocycles. The van der Waals surface area contributed by atoms with Gasteiger partial charge in [-0.05, 0) is 115 Å². The number of benzene rings is 9. The van der Waals surface area contributed by atoms with Crippen molar-refractivity contribution in [3.63, 3.8) is 0 Å². The molecule has 1 aliphatic carbocycles. The highest BCUT2D eigenvalue weighted by molar-refractivity contribution is 7.26. The molecular formula is C55H39NS. The first-order valence-corrected chi connectivity index (χ1v) is 20.6. The maximum atomic E-state index is 2.43. The topological polar surface area (TPSA) is 3.24 Å². The van der Waals surface area contributed by atoms with Gasteiger partial charge in [0, 0.05) is 42.6 Å². The Bertz CT molecular complexity index is 3130. The number of anilines is 3. The average Bonchev–Trinajstić information content (AvgIpc) is 3.76. The SMILES string of the molecule is CC1(C)c2cc(-c3ccccc3)ccc2-c2ccc(N(c3ccc(-c4cccc5ccccc45)cc3)c3ccc(-c4cccc5c4sc4ccccc45)cc3)cc21. The molecule has 11 rings (SSSR count). The molecule has 270 valence electrons. The van der Waals surface area contributed by atoms with E-state index in [1.807, 2.05) is 11.3 Å². The van der Waals surface area contributed by atoms with Crippen molar-refractivity contribution in [2.45, 2.75) is 19.3 Å². The number of hydrogen-bond acceptors (Lipinski definition) is 2. The molecular weight excluding hydrogens is 707 g/mol. The Morgan fingerprint density at radius 1 is 0.368 bits per heavy atom. The van der Waals surface area contributed by atoms with Gasteiger partial charge in [0.15, 0.2) is 0 Å². The second-order valence-electron chi connectivity index (χ2n) is 15.7. The number of hydrogen-bond donors (Lipinski definition) is 0. The third kappa shape index (κ3) is 5.51. The maximum absolute atomic E-state index is 2.43. The molecule has 0 radical (unpaired) electrons. The highest BCUT2D eigenvalue weighted by atomic mass is 32.1. The van der Waals surface area contributed by atoms with E-state index < -0.39 is 0 Å². The number of thiophene rings is 1. The standard InChI is InChI=1S/C55H39NS/c1-55(2)51-34-40(36-12-4-3-5-13-36)26-32-47(51)48-33-31-43(35-52(48)55)56(41-27-22-38(23-28-41)45-18-10-15-37-14-6-7-16-44(37)45)42-29-24-39(25-30-42)46-19-11-20-50-49-17-8-9-21-53(49)57-54(46)50/h3-35H,1-2H3. The van der Waals surface area contributed by atoms with Crippen LogP contribution in [0.1, 0.15) is 25.0 Å². The summed E-state index contributed by atoms with van der Waals surface area (Å²) in [6.45, 7) is 4.76. The molecule has 0 spiro atoms. The van der Waals surface area contributed by atoms with E-state index in [9.17, 15) is 0 Å². The van der Waals surface area contributed by atoms with Crippen LogP contribution in [0.4, 0.5) is 17.1 Å². The van der Waals surface area contributed by atoms with Crippen LogP contribution in [0.2, 0.25) is 0 Å². The third-order valence-electron chi connectivity index (χ3n) is 12.1. The van der Waals surface area contributed by atoms with E-state index >= 15 is 0 Å². The molecule has 0 unspecified atom stereocenters. The van der Waals surface area contributed by atoms with Crippen molar-refractivity contribution >= 4 is 59.3 Å². The van der Waals surface area contributed by atoms with E-state index in [0.717, 1.165) is 17.1 Å². The lowest BCUT2D eigenvalue weighted by atomic mass is 9.81. The summed E-state index contributed by atoms with van der Waals surface area (Å²) in [7, 11) is 0. The molecule has 2 heteroatoms. The Morgan fingerprint density at radius 2 is 0.912 bits per heavy atom. The predicted octanol–water partition coefficient (Wildman–Crippen LogP) is 16.0. The smallest absolute Gasteiger partial charge is 0.0465 e. The first-order valence-electron chi connectivity index (χ1n) is 19.8. The molecule has 0 fully saturated rings. The fraction of sp³-hybridized carbons (Fsp3) is 0.0545. The number of rotatable bonds is 6. The number of nitrogens with zero attached hydrogens (tertiary/aromatic N) is 1. The molecule has 9 aromatic carbocycles. The summed E-state index contributed by atoms with van der Waals surface area (Å²) in [5.41, 5.74) is 16.1. The van der Waals surface area contributed by atoms with Crippen molar-refractivity contribution in [3.8, 4) is 44.5 Å². The molecule has 0 N–H and O–H groups in total. The average molecular weight is 746 g/mol. The van der Waals surface area contributed by atoms with Gasteiger partial charge in [-0.15, -0.1) is 11.3 Å². The summed E-state index contributed by atoms with van der Waals surface area (Å²) >= 11 is 1.88. The van der Waals surface area contributed by atoms with Crippen LogP contribution >= 0.6 is 11.3 Å². The Labute approximate surface area is 337 Å². The first kappa shape index (κ1) is 33.6. The summed E-state index contributed by atoms with van der Waals surface area (Å²) in [4.78, 5) is 2.42. The highest BCUT2D eigenvalue weighted by Crippen LogP contribution is 2.52. The van der Waals surface area contributed by atoms with Crippen molar-refractivity contribution in [1.29, 1.82) is 0 Å². The van der Waals surface area contributed by atoms with Crippen molar-refractivity contribution in [3.05, 3.63) is 211 Å². The molecule has 1 heterocycles. The van der Waals surface area contributed by atoms with E-state index in [0.29, 0.717) is 0 Å². The minimum absolute atomic E-state index is 0.165. The van der Waals surface area contributed by atoms with Crippen molar-refractivity contribution in [1.82, 2.24) is 0 Å². The molecule has 1 aliphatic rings. The van der Waals surface area contributed by atoms with Crippen LogP contribution in [0.15, 0.2) is 200 Å². The van der Waals surface area contributed by atoms with Gasteiger partial charge >= 0.3 is 0 Å². The summed E-state index contributed by atoms with van der Waals surface area (Å²) in [6, 6.07) is 73.8. The Morgan fingerprint density at radius 3 is 1.68 bits per heavy atom. The summed E-state index contributed by atoms with van der Waals surface area (Å²) in [5, 5.41) is 5.17. The van der Waals surface area contributed by atoms with Crippen LogP contribution in [-0.4, -0.2) is 0 Å². The minimum Gasteiger partial charge on any atom is -0.310 e. The van der Waals surface area contributed by atoms with E-state index in [-0.39, 0.29) is 5.41 Å². The zero-order valence-electron chi connectivity index (χ0n) is 31.9. The molecule has 1 aromatic heterocycles. The monoisotopic (exact) mass is 745 g/mol. The molecule has 0 bridgehead atoms. The van der Waals surface area contributed by atoms with Crippen LogP contribution in [-0.2, 0) is 5.41 Å². The van der Waals surface area contributed by atoms with E-state index in [4.69, 9.17) is 0 Å². The van der Waals surface area contributed by atoms with Crippen molar-refractivity contribution < 1.29 is 0 Å². The zero-order chi connectivity index (χ0) is 38.1.